The van der Waals surface area contributed by atoms with Crippen molar-refractivity contribution in [2.75, 3.05) is 26.3 Å². The van der Waals surface area contributed by atoms with Crippen LogP contribution in [0, 0.1) is 0 Å². The fourth-order valence-electron chi connectivity index (χ4n) is 2.60. The second kappa shape index (κ2) is 13.3. The summed E-state index contributed by atoms with van der Waals surface area (Å²) in [6, 6.07) is 16.1. The average Bonchev–Trinajstić information content (AvgIpc) is 2.72. The summed E-state index contributed by atoms with van der Waals surface area (Å²) >= 11 is 0. The lowest BCUT2D eigenvalue weighted by Gasteiger charge is -2.18. The maximum absolute atomic E-state index is 12.2. The molecular formula is C21H27F3IN3O2. The van der Waals surface area contributed by atoms with E-state index in [1.165, 1.54) is 12.1 Å². The third-order valence-corrected chi connectivity index (χ3v) is 4.10. The Balaban J connectivity index is 0.00000450. The largest absolute Gasteiger partial charge is 0.484 e. The van der Waals surface area contributed by atoms with Crippen LogP contribution in [-0.2, 0) is 6.54 Å². The summed E-state index contributed by atoms with van der Waals surface area (Å²) in [5.74, 6) is 0.693. The second-order valence-corrected chi connectivity index (χ2v) is 6.41. The maximum Gasteiger partial charge on any atom is 0.422 e. The molecule has 0 spiro atoms. The molecular weight excluding hydrogens is 510 g/mol. The molecule has 5 nitrogen and oxygen atoms in total. The molecule has 3 N–H and O–H groups in total. The molecule has 0 saturated carbocycles. The van der Waals surface area contributed by atoms with Crippen LogP contribution in [0.1, 0.15) is 24.0 Å². The zero-order chi connectivity index (χ0) is 21.1. The normalized spacial score (nSPS) is 12.6. The van der Waals surface area contributed by atoms with Crippen molar-refractivity contribution < 1.29 is 23.0 Å². The molecule has 166 valence electrons. The Bertz CT molecular complexity index is 756. The van der Waals surface area contributed by atoms with Crippen LogP contribution < -0.4 is 15.4 Å². The van der Waals surface area contributed by atoms with Gasteiger partial charge in [0, 0.05) is 19.0 Å². The molecule has 0 saturated heterocycles. The quantitative estimate of drug-likeness (QED) is 0.257. The smallest absolute Gasteiger partial charge is 0.422 e. The molecule has 1 atom stereocenters. The number of rotatable bonds is 9. The average molecular weight is 537 g/mol. The highest BCUT2D eigenvalue weighted by Crippen LogP contribution is 2.19. The van der Waals surface area contributed by atoms with Crippen LogP contribution in [0.4, 0.5) is 13.2 Å². The number of ether oxygens (including phenoxy) is 1. The van der Waals surface area contributed by atoms with E-state index in [2.05, 4.69) is 15.6 Å². The summed E-state index contributed by atoms with van der Waals surface area (Å²) in [5, 5.41) is 16.0. The number of hydrogen-bond donors (Lipinski definition) is 3. The third-order valence-electron chi connectivity index (χ3n) is 4.10. The van der Waals surface area contributed by atoms with Gasteiger partial charge in [0.05, 0.1) is 13.2 Å². The van der Waals surface area contributed by atoms with Gasteiger partial charge in [0.25, 0.3) is 0 Å². The number of alkyl halides is 3. The third kappa shape index (κ3) is 9.66. The Kier molecular flexibility index (Phi) is 11.6. The van der Waals surface area contributed by atoms with Crippen LogP contribution in [0.2, 0.25) is 0 Å². The van der Waals surface area contributed by atoms with Gasteiger partial charge < -0.3 is 20.5 Å². The Morgan fingerprint density at radius 3 is 2.30 bits per heavy atom. The zero-order valence-electron chi connectivity index (χ0n) is 16.7. The van der Waals surface area contributed by atoms with E-state index in [1.54, 1.807) is 12.1 Å². The van der Waals surface area contributed by atoms with Crippen LogP contribution in [-0.4, -0.2) is 43.5 Å². The van der Waals surface area contributed by atoms with Gasteiger partial charge in [-0.05, 0) is 30.2 Å². The van der Waals surface area contributed by atoms with Crippen LogP contribution in [0.3, 0.4) is 0 Å². The van der Waals surface area contributed by atoms with Crippen molar-refractivity contribution in [2.24, 2.45) is 4.99 Å². The van der Waals surface area contributed by atoms with Gasteiger partial charge in [0.2, 0.25) is 0 Å². The number of aliphatic hydroxyl groups is 1. The Hall–Kier alpha value is -2.01. The Morgan fingerprint density at radius 1 is 1.07 bits per heavy atom. The van der Waals surface area contributed by atoms with E-state index < -0.39 is 12.8 Å². The number of guanidine groups is 1. The molecule has 30 heavy (non-hydrogen) atoms. The minimum absolute atomic E-state index is 0. The minimum Gasteiger partial charge on any atom is -0.484 e. The monoisotopic (exact) mass is 537 g/mol. The van der Waals surface area contributed by atoms with Crippen LogP contribution in [0.25, 0.3) is 0 Å². The van der Waals surface area contributed by atoms with Gasteiger partial charge in [-0.1, -0.05) is 42.5 Å². The molecule has 9 heteroatoms. The van der Waals surface area contributed by atoms with E-state index in [0.29, 0.717) is 25.6 Å². The number of aliphatic hydroxyl groups excluding tert-OH is 1. The minimum atomic E-state index is -4.36. The van der Waals surface area contributed by atoms with Gasteiger partial charge in [-0.25, -0.2) is 4.99 Å². The van der Waals surface area contributed by atoms with Crippen molar-refractivity contribution >= 4 is 29.9 Å². The number of hydrogen-bond acceptors (Lipinski definition) is 3. The predicted molar refractivity (Wildman–Crippen MR) is 122 cm³/mol. The van der Waals surface area contributed by atoms with Gasteiger partial charge >= 0.3 is 6.18 Å². The summed E-state index contributed by atoms with van der Waals surface area (Å²) in [5.41, 5.74) is 1.87. The Labute approximate surface area is 191 Å². The first kappa shape index (κ1) is 26.0. The summed E-state index contributed by atoms with van der Waals surface area (Å²) in [6.45, 7) is 2.18. The van der Waals surface area contributed by atoms with Crippen molar-refractivity contribution in [3.05, 3.63) is 65.7 Å². The first-order valence-corrected chi connectivity index (χ1v) is 9.37. The molecule has 0 aromatic heterocycles. The standard InChI is InChI=1S/C21H26F3N3O2.HI/c1-2-25-20(27-13-18(14-28)17-6-4-3-5-7-17)26-12-16-8-10-19(11-9-16)29-15-21(22,23)24;/h3-11,18,28H,2,12-15H2,1H3,(H2,25,26,27);1H. The summed E-state index contributed by atoms with van der Waals surface area (Å²) < 4.78 is 41.3. The van der Waals surface area contributed by atoms with E-state index in [1.807, 2.05) is 37.3 Å². The molecule has 0 bridgehead atoms. The maximum atomic E-state index is 12.2. The number of aliphatic imine (C=N–C) groups is 1. The molecule has 0 aliphatic carbocycles. The van der Waals surface area contributed by atoms with Crippen molar-refractivity contribution in [3.8, 4) is 5.75 Å². The molecule has 1 unspecified atom stereocenters. The topological polar surface area (TPSA) is 65.9 Å². The molecule has 2 rings (SSSR count). The molecule has 0 fully saturated rings. The first-order chi connectivity index (χ1) is 13.9. The molecule has 0 aliphatic rings. The Morgan fingerprint density at radius 2 is 1.73 bits per heavy atom. The van der Waals surface area contributed by atoms with Crippen molar-refractivity contribution in [2.45, 2.75) is 25.6 Å². The molecule has 0 aliphatic heterocycles. The zero-order valence-corrected chi connectivity index (χ0v) is 19.0. The lowest BCUT2D eigenvalue weighted by molar-refractivity contribution is -0.153. The molecule has 2 aromatic rings. The lowest BCUT2D eigenvalue weighted by atomic mass is 10.0. The van der Waals surface area contributed by atoms with Gasteiger partial charge in [-0.2, -0.15) is 13.2 Å². The van der Waals surface area contributed by atoms with Crippen LogP contribution >= 0.6 is 24.0 Å². The van der Waals surface area contributed by atoms with E-state index in [4.69, 9.17) is 4.74 Å². The van der Waals surface area contributed by atoms with Gasteiger partial charge in [-0.3, -0.25) is 0 Å². The number of halogens is 4. The number of nitrogens with zero attached hydrogens (tertiary/aromatic N) is 1. The lowest BCUT2D eigenvalue weighted by Crippen LogP contribution is -2.39. The molecule has 0 heterocycles. The van der Waals surface area contributed by atoms with Crippen molar-refractivity contribution in [1.29, 1.82) is 0 Å². The first-order valence-electron chi connectivity index (χ1n) is 9.37. The number of benzene rings is 2. The van der Waals surface area contributed by atoms with Crippen LogP contribution in [0.5, 0.6) is 5.75 Å². The van der Waals surface area contributed by atoms with Gasteiger partial charge in [0.15, 0.2) is 12.6 Å². The van der Waals surface area contributed by atoms with E-state index in [0.717, 1.165) is 11.1 Å². The summed E-state index contributed by atoms with van der Waals surface area (Å²) in [4.78, 5) is 4.49. The van der Waals surface area contributed by atoms with Crippen molar-refractivity contribution in [3.63, 3.8) is 0 Å². The fourth-order valence-corrected chi connectivity index (χ4v) is 2.60. The molecule has 0 amide bonds. The van der Waals surface area contributed by atoms with Gasteiger partial charge in [0.1, 0.15) is 5.75 Å². The second-order valence-electron chi connectivity index (χ2n) is 6.41. The van der Waals surface area contributed by atoms with Crippen LogP contribution in [0.15, 0.2) is 59.6 Å². The fraction of sp³-hybridized carbons (Fsp3) is 0.381. The highest BCUT2D eigenvalue weighted by molar-refractivity contribution is 14.0. The molecule has 2 aromatic carbocycles. The highest BCUT2D eigenvalue weighted by atomic mass is 127. The number of nitrogens with one attached hydrogen (secondary N) is 2. The predicted octanol–water partition coefficient (Wildman–Crippen LogP) is 4.08. The van der Waals surface area contributed by atoms with E-state index in [-0.39, 0.29) is 42.3 Å². The van der Waals surface area contributed by atoms with Gasteiger partial charge in [-0.15, -0.1) is 24.0 Å². The summed E-state index contributed by atoms with van der Waals surface area (Å²) in [7, 11) is 0. The highest BCUT2D eigenvalue weighted by Gasteiger charge is 2.28. The van der Waals surface area contributed by atoms with Crippen molar-refractivity contribution in [1.82, 2.24) is 10.6 Å². The van der Waals surface area contributed by atoms with E-state index >= 15 is 0 Å². The molecule has 0 radical (unpaired) electrons. The summed E-state index contributed by atoms with van der Waals surface area (Å²) in [6.07, 6.45) is -4.36. The SMILES string of the molecule is CCNC(=NCc1ccc(OCC(F)(F)F)cc1)NCC(CO)c1ccccc1.I. The van der Waals surface area contributed by atoms with E-state index in [9.17, 15) is 18.3 Å².